The Morgan fingerprint density at radius 3 is 2.92 bits per heavy atom. The number of hydrogen-bond donors (Lipinski definition) is 3. The Morgan fingerprint density at radius 2 is 2.17 bits per heavy atom. The van der Waals surface area contributed by atoms with E-state index in [0.717, 1.165) is 19.4 Å². The Balaban J connectivity index is 1.70. The zero-order valence-electron chi connectivity index (χ0n) is 13.6. The number of rotatable bonds is 5. The summed E-state index contributed by atoms with van der Waals surface area (Å²) < 4.78 is 0. The summed E-state index contributed by atoms with van der Waals surface area (Å²) in [6.07, 6.45) is 1.83. The van der Waals surface area contributed by atoms with Crippen LogP contribution in [0.2, 0.25) is 0 Å². The van der Waals surface area contributed by atoms with E-state index in [0.29, 0.717) is 13.1 Å². The van der Waals surface area contributed by atoms with Crippen molar-refractivity contribution < 1.29 is 14.5 Å². The maximum absolute atomic E-state index is 12.3. The first-order valence-corrected chi connectivity index (χ1v) is 9.97. The maximum Gasteiger partial charge on any atom is 0.321 e. The summed E-state index contributed by atoms with van der Waals surface area (Å²) in [6.45, 7) is 3.76. The third kappa shape index (κ3) is 3.85. The molecule has 3 amide bonds. The average Bonchev–Trinajstić information content (AvgIpc) is 3.23. The molecule has 1 aliphatic heterocycles. The molecule has 2 atom stereocenters. The van der Waals surface area contributed by atoms with Gasteiger partial charge in [-0.05, 0) is 29.3 Å². The van der Waals surface area contributed by atoms with Gasteiger partial charge in [0.2, 0.25) is 0 Å². The summed E-state index contributed by atoms with van der Waals surface area (Å²) in [6, 6.07) is 6.14. The largest absolute Gasteiger partial charge is 0.338 e. The van der Waals surface area contributed by atoms with E-state index in [9.17, 15) is 9.59 Å². The van der Waals surface area contributed by atoms with E-state index in [1.165, 1.54) is 20.2 Å². The summed E-state index contributed by atoms with van der Waals surface area (Å²) >= 11 is 3.52. The molecule has 3 heterocycles. The molecule has 0 fully saturated rings. The van der Waals surface area contributed by atoms with Gasteiger partial charge in [-0.25, -0.2) is 4.79 Å². The van der Waals surface area contributed by atoms with Crippen molar-refractivity contribution in [2.24, 2.45) is 0 Å². The first-order chi connectivity index (χ1) is 11.7. The van der Waals surface area contributed by atoms with Crippen molar-refractivity contribution in [3.8, 4) is 0 Å². The van der Waals surface area contributed by atoms with Crippen LogP contribution in [0, 0.1) is 0 Å². The van der Waals surface area contributed by atoms with Crippen LogP contribution in [0.25, 0.3) is 0 Å². The standard InChI is InChI=1S/C17H21N3O2S2/c1-2-7-18-17(22)19-15(21)11-20-8-5-13-12(6-10-24-13)16(20)14-4-3-9-23-14/h3-4,6,9-10,16H,2,5,7-8,11H2,1H3,(H2,18,19,21,22)/p+1/t16-/m1/s1. The van der Waals surface area contributed by atoms with Crippen molar-refractivity contribution in [2.75, 3.05) is 19.6 Å². The predicted molar refractivity (Wildman–Crippen MR) is 96.7 cm³/mol. The van der Waals surface area contributed by atoms with Gasteiger partial charge in [-0.15, -0.1) is 22.7 Å². The summed E-state index contributed by atoms with van der Waals surface area (Å²) in [4.78, 5) is 27.8. The second kappa shape index (κ2) is 7.92. The number of carbonyl (C=O) groups excluding carboxylic acids is 2. The molecule has 7 heteroatoms. The molecular weight excluding hydrogens is 342 g/mol. The van der Waals surface area contributed by atoms with Crippen LogP contribution in [-0.2, 0) is 11.2 Å². The van der Waals surface area contributed by atoms with Crippen LogP contribution in [0.3, 0.4) is 0 Å². The molecule has 0 aliphatic carbocycles. The van der Waals surface area contributed by atoms with Crippen LogP contribution >= 0.6 is 22.7 Å². The third-order valence-corrected chi connectivity index (χ3v) is 6.11. The van der Waals surface area contributed by atoms with E-state index >= 15 is 0 Å². The fourth-order valence-corrected chi connectivity index (χ4v) is 4.93. The lowest BCUT2D eigenvalue weighted by Gasteiger charge is -2.31. The van der Waals surface area contributed by atoms with Gasteiger partial charge in [0.05, 0.1) is 11.4 Å². The minimum absolute atomic E-state index is 0.185. The molecule has 2 aromatic rings. The normalized spacial score (nSPS) is 19.5. The van der Waals surface area contributed by atoms with Crippen molar-refractivity contribution in [1.29, 1.82) is 0 Å². The van der Waals surface area contributed by atoms with Gasteiger partial charge in [0.25, 0.3) is 5.91 Å². The lowest BCUT2D eigenvalue weighted by molar-refractivity contribution is -0.919. The van der Waals surface area contributed by atoms with Crippen LogP contribution in [0.4, 0.5) is 4.79 Å². The molecule has 2 aromatic heterocycles. The molecule has 0 saturated heterocycles. The number of imide groups is 1. The molecule has 0 spiro atoms. The van der Waals surface area contributed by atoms with Crippen molar-refractivity contribution in [3.63, 3.8) is 0 Å². The number of fused-ring (bicyclic) bond motifs is 1. The van der Waals surface area contributed by atoms with Crippen molar-refractivity contribution in [2.45, 2.75) is 25.8 Å². The zero-order chi connectivity index (χ0) is 16.9. The second-order valence-corrected chi connectivity index (χ2v) is 7.87. The van der Waals surface area contributed by atoms with Crippen LogP contribution in [0.5, 0.6) is 0 Å². The molecule has 1 unspecified atom stereocenters. The smallest absolute Gasteiger partial charge is 0.321 e. The topological polar surface area (TPSA) is 62.6 Å². The summed E-state index contributed by atoms with van der Waals surface area (Å²) in [5.41, 5.74) is 1.33. The van der Waals surface area contributed by atoms with Crippen molar-refractivity contribution in [3.05, 3.63) is 44.3 Å². The van der Waals surface area contributed by atoms with Gasteiger partial charge >= 0.3 is 6.03 Å². The fourth-order valence-electron chi connectivity index (χ4n) is 3.11. The quantitative estimate of drug-likeness (QED) is 0.754. The van der Waals surface area contributed by atoms with E-state index in [4.69, 9.17) is 0 Å². The van der Waals surface area contributed by atoms with E-state index in [1.807, 2.05) is 6.92 Å². The fraction of sp³-hybridized carbons (Fsp3) is 0.412. The third-order valence-electron chi connectivity index (χ3n) is 4.18. The van der Waals surface area contributed by atoms with Crippen LogP contribution in [0.1, 0.15) is 34.7 Å². The van der Waals surface area contributed by atoms with Gasteiger partial charge in [0.15, 0.2) is 6.54 Å². The summed E-state index contributed by atoms with van der Waals surface area (Å²) in [5, 5.41) is 9.32. The van der Waals surface area contributed by atoms with Crippen molar-refractivity contribution >= 4 is 34.6 Å². The summed E-state index contributed by atoms with van der Waals surface area (Å²) in [5.74, 6) is -0.223. The number of carbonyl (C=O) groups is 2. The first kappa shape index (κ1) is 17.1. The predicted octanol–water partition coefficient (Wildman–Crippen LogP) is 1.58. The SMILES string of the molecule is CCCNC(=O)NC(=O)C[NH+]1CCc2sccc2[C@@H]1c1cccs1. The van der Waals surface area contributed by atoms with Gasteiger partial charge in [0.1, 0.15) is 6.04 Å². The van der Waals surface area contributed by atoms with Gasteiger partial charge in [0, 0.05) is 23.4 Å². The Bertz CT molecular complexity index is 697. The highest BCUT2D eigenvalue weighted by Crippen LogP contribution is 2.31. The average molecular weight is 365 g/mol. The molecule has 3 N–H and O–H groups in total. The molecule has 0 aromatic carbocycles. The summed E-state index contributed by atoms with van der Waals surface area (Å²) in [7, 11) is 0. The molecule has 128 valence electrons. The van der Waals surface area contributed by atoms with Crippen LogP contribution in [-0.4, -0.2) is 31.6 Å². The van der Waals surface area contributed by atoms with Gasteiger partial charge in [-0.3, -0.25) is 10.1 Å². The molecule has 24 heavy (non-hydrogen) atoms. The molecule has 3 rings (SSSR count). The Morgan fingerprint density at radius 1 is 1.29 bits per heavy atom. The monoisotopic (exact) mass is 364 g/mol. The lowest BCUT2D eigenvalue weighted by Crippen LogP contribution is -3.14. The van der Waals surface area contributed by atoms with Crippen LogP contribution < -0.4 is 15.5 Å². The highest BCUT2D eigenvalue weighted by molar-refractivity contribution is 7.10. The zero-order valence-corrected chi connectivity index (χ0v) is 15.3. The Labute approximate surface area is 149 Å². The number of urea groups is 1. The number of quaternary nitrogens is 1. The van der Waals surface area contributed by atoms with E-state index in [1.54, 1.807) is 22.7 Å². The first-order valence-electron chi connectivity index (χ1n) is 8.21. The molecule has 0 saturated carbocycles. The van der Waals surface area contributed by atoms with Gasteiger partial charge < -0.3 is 10.2 Å². The minimum atomic E-state index is -0.401. The molecule has 5 nitrogen and oxygen atoms in total. The number of hydrogen-bond acceptors (Lipinski definition) is 4. The maximum atomic E-state index is 12.3. The minimum Gasteiger partial charge on any atom is -0.338 e. The highest BCUT2D eigenvalue weighted by Gasteiger charge is 2.35. The number of amides is 3. The molecule has 0 radical (unpaired) electrons. The van der Waals surface area contributed by atoms with E-state index in [2.05, 4.69) is 39.6 Å². The Kier molecular flexibility index (Phi) is 5.65. The van der Waals surface area contributed by atoms with Crippen molar-refractivity contribution in [1.82, 2.24) is 10.6 Å². The van der Waals surface area contributed by atoms with E-state index in [-0.39, 0.29) is 11.9 Å². The van der Waals surface area contributed by atoms with E-state index < -0.39 is 6.03 Å². The van der Waals surface area contributed by atoms with Gasteiger partial charge in [-0.2, -0.15) is 0 Å². The lowest BCUT2D eigenvalue weighted by atomic mass is 9.98. The van der Waals surface area contributed by atoms with Gasteiger partial charge in [-0.1, -0.05) is 13.0 Å². The molecule has 1 aliphatic rings. The molecular formula is C17H22N3O2S2+. The molecule has 0 bridgehead atoms. The highest BCUT2D eigenvalue weighted by atomic mass is 32.1. The number of nitrogens with one attached hydrogen (secondary N) is 3. The second-order valence-electron chi connectivity index (χ2n) is 5.89. The van der Waals surface area contributed by atoms with Crippen LogP contribution in [0.15, 0.2) is 29.0 Å². The number of thiophene rings is 2. The Hall–Kier alpha value is -1.70.